The van der Waals surface area contributed by atoms with Gasteiger partial charge in [0.1, 0.15) is 5.54 Å². The highest BCUT2D eigenvalue weighted by atomic mass is 32.3. The van der Waals surface area contributed by atoms with Gasteiger partial charge in [0.05, 0.1) is 0 Å². The van der Waals surface area contributed by atoms with Crippen LogP contribution < -0.4 is 9.74 Å². The Morgan fingerprint density at radius 3 is 2.77 bits per heavy atom. The summed E-state index contributed by atoms with van der Waals surface area (Å²) in [5.41, 5.74) is 3.69. The fourth-order valence-electron chi connectivity index (χ4n) is 4.61. The molecule has 7 nitrogen and oxygen atoms in total. The van der Waals surface area contributed by atoms with E-state index in [2.05, 4.69) is 24.1 Å². The summed E-state index contributed by atoms with van der Waals surface area (Å²) < 4.78 is 36.2. The van der Waals surface area contributed by atoms with E-state index in [4.69, 9.17) is 13.7 Å². The normalized spacial score (nSPS) is 24.6. The van der Waals surface area contributed by atoms with Crippen molar-refractivity contribution in [2.24, 2.45) is 10.9 Å². The SMILES string of the molecule is CC=C1[C@H]2C=C(C)C[C@]1(N=Cc1ccccc1OS(=O)(=O)O)c1ccc(=O)[nH]c1C2. The van der Waals surface area contributed by atoms with Crippen molar-refractivity contribution in [3.8, 4) is 5.75 Å². The van der Waals surface area contributed by atoms with Gasteiger partial charge in [-0.3, -0.25) is 14.3 Å². The van der Waals surface area contributed by atoms with E-state index in [1.807, 2.05) is 13.0 Å². The van der Waals surface area contributed by atoms with Crippen molar-refractivity contribution in [3.63, 3.8) is 0 Å². The minimum Gasteiger partial charge on any atom is -0.361 e. The molecular weight excluding hydrogens is 404 g/mol. The van der Waals surface area contributed by atoms with Gasteiger partial charge in [-0.15, -0.1) is 0 Å². The molecule has 0 spiro atoms. The summed E-state index contributed by atoms with van der Waals surface area (Å²) in [5, 5.41) is 0. The van der Waals surface area contributed by atoms with Crippen LogP contribution in [0.1, 0.15) is 37.1 Å². The Hall–Kier alpha value is -2.97. The third-order valence-corrected chi connectivity index (χ3v) is 6.01. The summed E-state index contributed by atoms with van der Waals surface area (Å²) in [5.74, 6) is 0.107. The van der Waals surface area contributed by atoms with Crippen molar-refractivity contribution in [2.45, 2.75) is 32.2 Å². The van der Waals surface area contributed by atoms with Gasteiger partial charge in [0, 0.05) is 41.4 Å². The molecule has 4 rings (SSSR count). The fourth-order valence-corrected chi connectivity index (χ4v) is 4.99. The van der Waals surface area contributed by atoms with E-state index in [0.717, 1.165) is 16.8 Å². The maximum Gasteiger partial charge on any atom is 0.446 e. The van der Waals surface area contributed by atoms with Crippen molar-refractivity contribution in [2.75, 3.05) is 0 Å². The number of nitrogens with zero attached hydrogens (tertiary/aromatic N) is 1. The van der Waals surface area contributed by atoms with Gasteiger partial charge in [0.25, 0.3) is 0 Å². The number of rotatable bonds is 4. The third kappa shape index (κ3) is 3.64. The highest BCUT2D eigenvalue weighted by Crippen LogP contribution is 2.51. The van der Waals surface area contributed by atoms with Gasteiger partial charge in [-0.25, -0.2) is 0 Å². The first kappa shape index (κ1) is 20.3. The Balaban J connectivity index is 1.88. The monoisotopic (exact) mass is 426 g/mol. The maximum atomic E-state index is 11.9. The largest absolute Gasteiger partial charge is 0.446 e. The van der Waals surface area contributed by atoms with Crippen molar-refractivity contribution in [1.82, 2.24) is 4.98 Å². The van der Waals surface area contributed by atoms with Crippen LogP contribution in [0.3, 0.4) is 0 Å². The van der Waals surface area contributed by atoms with E-state index in [-0.39, 0.29) is 17.2 Å². The lowest BCUT2D eigenvalue weighted by Crippen LogP contribution is -2.40. The molecule has 0 saturated heterocycles. The number of benzene rings is 1. The number of pyridine rings is 1. The molecule has 2 aliphatic rings. The van der Waals surface area contributed by atoms with Gasteiger partial charge >= 0.3 is 10.4 Å². The zero-order valence-corrected chi connectivity index (χ0v) is 17.4. The second kappa shape index (κ2) is 7.37. The first-order valence-electron chi connectivity index (χ1n) is 9.59. The number of hydrogen-bond donors (Lipinski definition) is 2. The van der Waals surface area contributed by atoms with E-state index in [1.165, 1.54) is 17.7 Å². The van der Waals surface area contributed by atoms with Crippen LogP contribution in [0.2, 0.25) is 0 Å². The summed E-state index contributed by atoms with van der Waals surface area (Å²) in [6.07, 6.45) is 7.19. The van der Waals surface area contributed by atoms with Crippen molar-refractivity contribution in [3.05, 3.63) is 86.9 Å². The summed E-state index contributed by atoms with van der Waals surface area (Å²) in [6.45, 7) is 4.04. The van der Waals surface area contributed by atoms with Gasteiger partial charge in [0.15, 0.2) is 5.75 Å². The Morgan fingerprint density at radius 1 is 1.27 bits per heavy atom. The Morgan fingerprint density at radius 2 is 2.03 bits per heavy atom. The van der Waals surface area contributed by atoms with Gasteiger partial charge in [-0.05, 0) is 44.0 Å². The molecule has 2 aromatic rings. The van der Waals surface area contributed by atoms with Crippen molar-refractivity contribution in [1.29, 1.82) is 0 Å². The number of aliphatic imine (C=N–C) groups is 1. The number of nitrogens with one attached hydrogen (secondary N) is 1. The van der Waals surface area contributed by atoms with E-state index in [1.54, 1.807) is 24.4 Å². The number of para-hydroxylation sites is 1. The second-order valence-electron chi connectivity index (χ2n) is 7.63. The lowest BCUT2D eigenvalue weighted by Gasteiger charge is -2.45. The number of aromatic amines is 1. The molecule has 0 aliphatic heterocycles. The molecule has 0 fully saturated rings. The molecule has 2 aliphatic carbocycles. The first-order valence-corrected chi connectivity index (χ1v) is 11.0. The van der Waals surface area contributed by atoms with Gasteiger partial charge < -0.3 is 9.17 Å². The maximum absolute atomic E-state index is 11.9. The summed E-state index contributed by atoms with van der Waals surface area (Å²) >= 11 is 0. The van der Waals surface area contributed by atoms with Crippen LogP contribution in [-0.2, 0) is 22.4 Å². The average Bonchev–Trinajstić information content (AvgIpc) is 2.65. The average molecular weight is 426 g/mol. The molecule has 0 unspecified atom stereocenters. The minimum atomic E-state index is -4.66. The summed E-state index contributed by atoms with van der Waals surface area (Å²) in [4.78, 5) is 19.8. The Labute approximate surface area is 174 Å². The van der Waals surface area contributed by atoms with Crippen LogP contribution in [0, 0.1) is 5.92 Å². The zero-order valence-electron chi connectivity index (χ0n) is 16.6. The van der Waals surface area contributed by atoms with Crippen molar-refractivity contribution < 1.29 is 17.2 Å². The highest BCUT2D eigenvalue weighted by Gasteiger charge is 2.46. The van der Waals surface area contributed by atoms with E-state index >= 15 is 0 Å². The second-order valence-corrected chi connectivity index (χ2v) is 8.65. The Kier molecular flexibility index (Phi) is 4.99. The number of allylic oxidation sites excluding steroid dienone is 2. The van der Waals surface area contributed by atoms with Crippen LogP contribution in [0.25, 0.3) is 0 Å². The molecule has 2 bridgehead atoms. The van der Waals surface area contributed by atoms with Crippen molar-refractivity contribution >= 4 is 16.6 Å². The number of H-pyrrole nitrogens is 1. The lowest BCUT2D eigenvalue weighted by atomic mass is 9.63. The standard InChI is InChI=1S/C22H22N2O5S/c1-3-17-16-10-14(2)12-22(17,18-8-9-21(25)24-19(18)11-16)23-13-15-6-4-5-7-20(15)29-30(26,27)28/h3-10,13,16H,11-12H2,1-2H3,(H,24,25)(H,26,27,28)/t16-,22+/m0/s1. The quantitative estimate of drug-likeness (QED) is 0.443. The molecule has 2 atom stereocenters. The smallest absolute Gasteiger partial charge is 0.361 e. The molecule has 1 aromatic heterocycles. The summed E-state index contributed by atoms with van der Waals surface area (Å²) in [7, 11) is -4.66. The predicted octanol–water partition coefficient (Wildman–Crippen LogP) is 3.34. The lowest BCUT2D eigenvalue weighted by molar-refractivity contribution is 0.386. The van der Waals surface area contributed by atoms with E-state index in [0.29, 0.717) is 18.4 Å². The van der Waals surface area contributed by atoms with Gasteiger partial charge in [-0.2, -0.15) is 8.42 Å². The van der Waals surface area contributed by atoms with Gasteiger partial charge in [-0.1, -0.05) is 29.9 Å². The molecule has 0 amide bonds. The first-order chi connectivity index (χ1) is 14.2. The van der Waals surface area contributed by atoms with Crippen LogP contribution in [0.4, 0.5) is 0 Å². The summed E-state index contributed by atoms with van der Waals surface area (Å²) in [6, 6.07) is 9.78. The number of aromatic nitrogens is 1. The molecule has 0 saturated carbocycles. The van der Waals surface area contributed by atoms with Crippen LogP contribution in [-0.4, -0.2) is 24.2 Å². The minimum absolute atomic E-state index is 0.0145. The van der Waals surface area contributed by atoms with E-state index < -0.39 is 15.9 Å². The molecule has 1 heterocycles. The highest BCUT2D eigenvalue weighted by molar-refractivity contribution is 7.81. The number of hydrogen-bond acceptors (Lipinski definition) is 5. The topological polar surface area (TPSA) is 109 Å². The Bertz CT molecular complexity index is 1260. The number of fused-ring (bicyclic) bond motifs is 4. The van der Waals surface area contributed by atoms with Crippen LogP contribution >= 0.6 is 0 Å². The predicted molar refractivity (Wildman–Crippen MR) is 114 cm³/mol. The molecular formula is C22H22N2O5S. The molecule has 156 valence electrons. The van der Waals surface area contributed by atoms with E-state index in [9.17, 15) is 13.2 Å². The third-order valence-electron chi connectivity index (χ3n) is 5.62. The molecule has 0 radical (unpaired) electrons. The van der Waals surface area contributed by atoms with Crippen LogP contribution in [0.15, 0.2) is 69.5 Å². The fraction of sp³-hybridized carbons (Fsp3) is 0.273. The molecule has 8 heteroatoms. The molecule has 2 N–H and O–H groups in total. The van der Waals surface area contributed by atoms with Gasteiger partial charge in [0.2, 0.25) is 5.56 Å². The molecule has 30 heavy (non-hydrogen) atoms. The molecule has 1 aromatic carbocycles. The van der Waals surface area contributed by atoms with Crippen LogP contribution in [0.5, 0.6) is 5.75 Å². The zero-order chi connectivity index (χ0) is 21.5.